The fraction of sp³-hybridized carbons (Fsp3) is 0.158. The zero-order valence-corrected chi connectivity index (χ0v) is 18.6. The van der Waals surface area contributed by atoms with E-state index >= 15 is 0 Å². The third kappa shape index (κ3) is 6.33. The Morgan fingerprint density at radius 3 is 2.57 bits per heavy atom. The van der Waals surface area contributed by atoms with Crippen molar-refractivity contribution in [2.75, 3.05) is 16.6 Å². The largest absolute Gasteiger partial charge is 0.492 e. The molecule has 0 aliphatic rings. The Labute approximate surface area is 188 Å². The molecule has 3 rings (SSSR count). The first-order chi connectivity index (χ1) is 14.3. The second-order valence-corrected chi connectivity index (χ2v) is 9.46. The summed E-state index contributed by atoms with van der Waals surface area (Å²) >= 11 is 13.0. The Hall–Kier alpha value is -2.33. The van der Waals surface area contributed by atoms with Crippen LogP contribution in [0.2, 0.25) is 10.0 Å². The van der Waals surface area contributed by atoms with Gasteiger partial charge in [-0.1, -0.05) is 23.2 Å². The minimum atomic E-state index is -3.73. The fourth-order valence-corrected chi connectivity index (χ4v) is 4.65. The van der Waals surface area contributed by atoms with Crippen molar-refractivity contribution in [3.05, 3.63) is 64.1 Å². The first-order valence-electron chi connectivity index (χ1n) is 8.73. The van der Waals surface area contributed by atoms with Crippen LogP contribution >= 0.6 is 34.5 Å². The molecule has 0 radical (unpaired) electrons. The Morgan fingerprint density at radius 1 is 1.13 bits per heavy atom. The molecule has 30 heavy (non-hydrogen) atoms. The lowest BCUT2D eigenvalue weighted by molar-refractivity contribution is -0.116. The van der Waals surface area contributed by atoms with Gasteiger partial charge in [0.1, 0.15) is 5.75 Å². The highest BCUT2D eigenvalue weighted by atomic mass is 35.5. The molecule has 1 aromatic heterocycles. The van der Waals surface area contributed by atoms with Crippen LogP contribution < -0.4 is 14.8 Å². The van der Waals surface area contributed by atoms with E-state index in [0.29, 0.717) is 34.5 Å². The lowest BCUT2D eigenvalue weighted by Gasteiger charge is -2.09. The number of aromatic nitrogens is 1. The van der Waals surface area contributed by atoms with Gasteiger partial charge in [-0.25, -0.2) is 13.4 Å². The Balaban J connectivity index is 1.46. The molecule has 0 fully saturated rings. The van der Waals surface area contributed by atoms with E-state index in [1.165, 1.54) is 41.8 Å². The van der Waals surface area contributed by atoms with E-state index in [1.54, 1.807) is 23.6 Å². The lowest BCUT2D eigenvalue weighted by atomic mass is 10.2. The van der Waals surface area contributed by atoms with Crippen LogP contribution in [-0.4, -0.2) is 25.9 Å². The fourth-order valence-electron chi connectivity index (χ4n) is 2.40. The highest BCUT2D eigenvalue weighted by molar-refractivity contribution is 7.93. The predicted molar refractivity (Wildman–Crippen MR) is 119 cm³/mol. The minimum absolute atomic E-state index is 0.0731. The highest BCUT2D eigenvalue weighted by Gasteiger charge is 2.15. The molecule has 11 heteroatoms. The summed E-state index contributed by atoms with van der Waals surface area (Å²) < 4.78 is 32.5. The topological polar surface area (TPSA) is 97.4 Å². The van der Waals surface area contributed by atoms with E-state index in [0.717, 1.165) is 0 Å². The van der Waals surface area contributed by atoms with Gasteiger partial charge in [-0.2, -0.15) is 0 Å². The molecule has 0 saturated carbocycles. The van der Waals surface area contributed by atoms with E-state index in [-0.39, 0.29) is 22.4 Å². The van der Waals surface area contributed by atoms with Gasteiger partial charge in [-0.05, 0) is 48.9 Å². The van der Waals surface area contributed by atoms with Crippen LogP contribution in [0.1, 0.15) is 12.8 Å². The van der Waals surface area contributed by atoms with Gasteiger partial charge < -0.3 is 10.1 Å². The molecule has 0 aliphatic carbocycles. The van der Waals surface area contributed by atoms with Crippen molar-refractivity contribution in [1.82, 2.24) is 4.98 Å². The summed E-state index contributed by atoms with van der Waals surface area (Å²) in [5.74, 6) is 0.293. The average molecular weight is 486 g/mol. The summed E-state index contributed by atoms with van der Waals surface area (Å²) in [6.45, 7) is 0.314. The normalized spacial score (nSPS) is 11.1. The molecule has 7 nitrogen and oxygen atoms in total. The minimum Gasteiger partial charge on any atom is -0.492 e. The zero-order valence-electron chi connectivity index (χ0n) is 15.5. The number of carbonyl (C=O) groups excluding carboxylic acids is 1. The number of nitrogens with one attached hydrogen (secondary N) is 2. The first-order valence-corrected chi connectivity index (χ1v) is 11.9. The van der Waals surface area contributed by atoms with Gasteiger partial charge in [0.2, 0.25) is 5.91 Å². The maximum Gasteiger partial charge on any atom is 0.263 e. The quantitative estimate of drug-likeness (QED) is 0.413. The van der Waals surface area contributed by atoms with Gasteiger partial charge in [0.25, 0.3) is 10.0 Å². The summed E-state index contributed by atoms with van der Waals surface area (Å²) in [4.78, 5) is 16.0. The molecule has 0 unspecified atom stereocenters. The van der Waals surface area contributed by atoms with Crippen LogP contribution in [0.15, 0.2) is 58.9 Å². The van der Waals surface area contributed by atoms with Gasteiger partial charge in [0, 0.05) is 28.7 Å². The van der Waals surface area contributed by atoms with E-state index in [1.807, 2.05) is 0 Å². The molecule has 0 aliphatic heterocycles. The van der Waals surface area contributed by atoms with Crippen LogP contribution in [0.25, 0.3) is 0 Å². The van der Waals surface area contributed by atoms with Gasteiger partial charge in [-0.15, -0.1) is 11.3 Å². The number of halogens is 2. The van der Waals surface area contributed by atoms with Crippen molar-refractivity contribution in [3.8, 4) is 5.75 Å². The summed E-state index contributed by atoms with van der Waals surface area (Å²) in [7, 11) is -3.73. The number of rotatable bonds is 9. The van der Waals surface area contributed by atoms with Crippen LogP contribution in [0.4, 0.5) is 10.8 Å². The van der Waals surface area contributed by atoms with Crippen molar-refractivity contribution < 1.29 is 17.9 Å². The summed E-state index contributed by atoms with van der Waals surface area (Å²) in [5, 5.41) is 5.61. The molecular weight excluding hydrogens is 469 g/mol. The molecule has 0 spiro atoms. The molecule has 2 N–H and O–H groups in total. The van der Waals surface area contributed by atoms with Gasteiger partial charge >= 0.3 is 0 Å². The van der Waals surface area contributed by atoms with Gasteiger partial charge in [0.15, 0.2) is 5.13 Å². The molecule has 0 saturated heterocycles. The number of ether oxygens (including phenoxy) is 1. The molecule has 158 valence electrons. The number of hydrogen-bond acceptors (Lipinski definition) is 6. The molecule has 3 aromatic rings. The van der Waals surface area contributed by atoms with Crippen molar-refractivity contribution in [2.45, 2.75) is 17.7 Å². The Kier molecular flexibility index (Phi) is 7.54. The van der Waals surface area contributed by atoms with Crippen molar-refractivity contribution in [3.63, 3.8) is 0 Å². The zero-order chi connectivity index (χ0) is 21.6. The number of hydrogen-bond donors (Lipinski definition) is 2. The van der Waals surface area contributed by atoms with Crippen LogP contribution in [0.3, 0.4) is 0 Å². The van der Waals surface area contributed by atoms with E-state index in [4.69, 9.17) is 27.9 Å². The SMILES string of the molecule is O=C(CCCOc1ccc(Cl)cc1Cl)Nc1ccc(S(=O)(=O)Nc2nccs2)cc1. The molecule has 1 heterocycles. The second-order valence-electron chi connectivity index (χ2n) is 6.04. The molecule has 0 atom stereocenters. The number of thiazole rings is 1. The average Bonchev–Trinajstić information content (AvgIpc) is 3.19. The monoisotopic (exact) mass is 485 g/mol. The number of anilines is 2. The molecular formula is C19H17Cl2N3O4S2. The van der Waals surface area contributed by atoms with E-state index in [2.05, 4.69) is 15.0 Å². The Morgan fingerprint density at radius 2 is 1.90 bits per heavy atom. The van der Waals surface area contributed by atoms with Crippen molar-refractivity contribution >= 4 is 61.3 Å². The summed E-state index contributed by atoms with van der Waals surface area (Å²) in [5.41, 5.74) is 0.495. The predicted octanol–water partition coefficient (Wildman–Crippen LogP) is 5.05. The van der Waals surface area contributed by atoms with Gasteiger partial charge in [-0.3, -0.25) is 9.52 Å². The van der Waals surface area contributed by atoms with E-state index in [9.17, 15) is 13.2 Å². The first kappa shape index (κ1) is 22.4. The van der Waals surface area contributed by atoms with Crippen LogP contribution in [-0.2, 0) is 14.8 Å². The molecule has 1 amide bonds. The highest BCUT2D eigenvalue weighted by Crippen LogP contribution is 2.27. The molecule has 0 bridgehead atoms. The third-order valence-electron chi connectivity index (χ3n) is 3.80. The van der Waals surface area contributed by atoms with Crippen molar-refractivity contribution in [2.24, 2.45) is 0 Å². The lowest BCUT2D eigenvalue weighted by Crippen LogP contribution is -2.14. The smallest absolute Gasteiger partial charge is 0.263 e. The number of nitrogens with zero attached hydrogens (tertiary/aromatic N) is 1. The standard InChI is InChI=1S/C19H17Cl2N3O4S2/c20-13-3-8-17(16(21)12-13)28-10-1-2-18(25)23-14-4-6-15(7-5-14)30(26,27)24-19-22-9-11-29-19/h3-9,11-12H,1-2,10H2,(H,22,24)(H,23,25). The maximum absolute atomic E-state index is 12.3. The second kappa shape index (κ2) is 10.1. The number of benzene rings is 2. The van der Waals surface area contributed by atoms with Crippen LogP contribution in [0.5, 0.6) is 5.75 Å². The van der Waals surface area contributed by atoms with Crippen LogP contribution in [0, 0.1) is 0 Å². The maximum atomic E-state index is 12.3. The third-order valence-corrected chi connectivity index (χ3v) is 6.51. The summed E-state index contributed by atoms with van der Waals surface area (Å²) in [6.07, 6.45) is 2.22. The van der Waals surface area contributed by atoms with E-state index < -0.39 is 10.0 Å². The number of sulfonamides is 1. The molecule has 2 aromatic carbocycles. The number of carbonyl (C=O) groups is 1. The Bertz CT molecular complexity index is 1110. The van der Waals surface area contributed by atoms with Gasteiger partial charge in [0.05, 0.1) is 16.5 Å². The summed E-state index contributed by atoms with van der Waals surface area (Å²) in [6, 6.07) is 10.8. The number of amides is 1. The van der Waals surface area contributed by atoms with Crippen molar-refractivity contribution in [1.29, 1.82) is 0 Å².